The zero-order valence-corrected chi connectivity index (χ0v) is 13.4. The van der Waals surface area contributed by atoms with Crippen LogP contribution in [0, 0.1) is 0 Å². The molecule has 0 saturated carbocycles. The fourth-order valence-electron chi connectivity index (χ4n) is 2.71. The molecule has 2 rings (SSSR count). The van der Waals surface area contributed by atoms with E-state index in [1.165, 1.54) is 10.6 Å². The molecule has 1 unspecified atom stereocenters. The molecule has 1 atom stereocenters. The Morgan fingerprint density at radius 2 is 1.85 bits per heavy atom. The van der Waals surface area contributed by atoms with Gasteiger partial charge in [0.05, 0.1) is 12.3 Å². The molecular weight excluding hydrogens is 302 g/mol. The van der Waals surface area contributed by atoms with E-state index >= 15 is 0 Å². The van der Waals surface area contributed by atoms with Crippen LogP contribution in [-0.2, 0) is 14.8 Å². The topological polar surface area (TPSA) is 78.5 Å². The Balaban J connectivity index is 0.00000200. The average Bonchev–Trinajstić information content (AvgIpc) is 2.39. The van der Waals surface area contributed by atoms with Crippen LogP contribution in [0.2, 0.25) is 0 Å². The van der Waals surface area contributed by atoms with Crippen LogP contribution in [0.1, 0.15) is 32.1 Å². The van der Waals surface area contributed by atoms with Gasteiger partial charge in [-0.25, -0.2) is 12.7 Å². The first kappa shape index (κ1) is 17.7. The second-order valence-electron chi connectivity index (χ2n) is 5.45. The average molecular weight is 326 g/mol. The third-order valence-electron chi connectivity index (χ3n) is 3.90. The molecule has 2 aliphatic heterocycles. The Morgan fingerprint density at radius 3 is 2.35 bits per heavy atom. The highest BCUT2D eigenvalue weighted by atomic mass is 35.5. The van der Waals surface area contributed by atoms with Gasteiger partial charge in [-0.1, -0.05) is 6.42 Å². The summed E-state index contributed by atoms with van der Waals surface area (Å²) in [7, 11) is -3.09. The molecule has 2 heterocycles. The maximum absolute atomic E-state index is 12.0. The Kier molecular flexibility index (Phi) is 6.71. The van der Waals surface area contributed by atoms with Crippen molar-refractivity contribution in [2.45, 2.75) is 44.2 Å². The van der Waals surface area contributed by atoms with Crippen molar-refractivity contribution in [1.29, 1.82) is 0 Å². The van der Waals surface area contributed by atoms with E-state index < -0.39 is 10.0 Å². The number of hydrogen-bond donors (Lipinski definition) is 2. The van der Waals surface area contributed by atoms with Crippen molar-refractivity contribution in [2.75, 3.05) is 25.9 Å². The van der Waals surface area contributed by atoms with Gasteiger partial charge in [0.25, 0.3) is 0 Å². The summed E-state index contributed by atoms with van der Waals surface area (Å²) >= 11 is 0. The van der Waals surface area contributed by atoms with Crippen molar-refractivity contribution in [3.05, 3.63) is 0 Å². The van der Waals surface area contributed by atoms with E-state index in [4.69, 9.17) is 0 Å². The van der Waals surface area contributed by atoms with Crippen LogP contribution in [0.5, 0.6) is 0 Å². The van der Waals surface area contributed by atoms with Crippen LogP contribution in [0.15, 0.2) is 0 Å². The van der Waals surface area contributed by atoms with Gasteiger partial charge in [0, 0.05) is 19.1 Å². The fourth-order valence-corrected chi connectivity index (χ4v) is 3.58. The summed E-state index contributed by atoms with van der Waals surface area (Å²) < 4.78 is 24.3. The molecule has 20 heavy (non-hydrogen) atoms. The van der Waals surface area contributed by atoms with Crippen molar-refractivity contribution in [2.24, 2.45) is 0 Å². The maximum atomic E-state index is 12.0. The highest BCUT2D eigenvalue weighted by Crippen LogP contribution is 2.14. The zero-order chi connectivity index (χ0) is 13.9. The van der Waals surface area contributed by atoms with E-state index in [9.17, 15) is 13.2 Å². The van der Waals surface area contributed by atoms with Crippen LogP contribution in [0.25, 0.3) is 0 Å². The van der Waals surface area contributed by atoms with Crippen LogP contribution in [0.4, 0.5) is 0 Å². The van der Waals surface area contributed by atoms with E-state index in [-0.39, 0.29) is 30.4 Å². The van der Waals surface area contributed by atoms with Gasteiger partial charge in [-0.3, -0.25) is 4.79 Å². The minimum atomic E-state index is -3.09. The highest BCUT2D eigenvalue weighted by Gasteiger charge is 2.28. The number of nitrogens with zero attached hydrogens (tertiary/aromatic N) is 1. The predicted molar refractivity (Wildman–Crippen MR) is 80.5 cm³/mol. The van der Waals surface area contributed by atoms with Crippen LogP contribution < -0.4 is 10.6 Å². The van der Waals surface area contributed by atoms with Crippen LogP contribution >= 0.6 is 12.4 Å². The third-order valence-corrected chi connectivity index (χ3v) is 5.20. The molecule has 0 aromatic heterocycles. The Bertz CT molecular complexity index is 416. The first-order chi connectivity index (χ1) is 8.97. The number of amides is 1. The minimum Gasteiger partial charge on any atom is -0.352 e. The summed E-state index contributed by atoms with van der Waals surface area (Å²) in [5, 5.41) is 6.26. The van der Waals surface area contributed by atoms with Gasteiger partial charge in [-0.05, 0) is 32.2 Å². The highest BCUT2D eigenvalue weighted by molar-refractivity contribution is 7.88. The molecule has 1 amide bonds. The van der Waals surface area contributed by atoms with Crippen LogP contribution in [-0.4, -0.2) is 56.6 Å². The molecule has 2 fully saturated rings. The molecule has 2 N–H and O–H groups in total. The molecule has 0 spiro atoms. The summed E-state index contributed by atoms with van der Waals surface area (Å²) in [4.78, 5) is 12.0. The number of rotatable bonds is 3. The molecule has 6 nitrogen and oxygen atoms in total. The second-order valence-corrected chi connectivity index (χ2v) is 7.43. The summed E-state index contributed by atoms with van der Waals surface area (Å²) in [6.07, 6.45) is 5.76. The summed E-state index contributed by atoms with van der Waals surface area (Å²) in [6.45, 7) is 1.91. The number of sulfonamides is 1. The number of piperidine rings is 2. The molecule has 118 valence electrons. The quantitative estimate of drug-likeness (QED) is 0.771. The van der Waals surface area contributed by atoms with Crippen molar-refractivity contribution < 1.29 is 13.2 Å². The monoisotopic (exact) mass is 325 g/mol. The first-order valence-electron chi connectivity index (χ1n) is 6.96. The van der Waals surface area contributed by atoms with Crippen molar-refractivity contribution in [1.82, 2.24) is 14.9 Å². The largest absolute Gasteiger partial charge is 0.352 e. The normalized spacial score (nSPS) is 25.8. The van der Waals surface area contributed by atoms with Crippen molar-refractivity contribution in [3.8, 4) is 0 Å². The summed E-state index contributed by atoms with van der Waals surface area (Å²) in [5.74, 6) is 0.0671. The van der Waals surface area contributed by atoms with Gasteiger partial charge in [-0.2, -0.15) is 0 Å². The molecule has 0 aromatic rings. The predicted octanol–water partition coefficient (Wildman–Crippen LogP) is 0.0905. The van der Waals surface area contributed by atoms with E-state index in [2.05, 4.69) is 10.6 Å². The first-order valence-corrected chi connectivity index (χ1v) is 8.80. The smallest absolute Gasteiger partial charge is 0.237 e. The number of carbonyl (C=O) groups excluding carboxylic acids is 1. The molecule has 0 aromatic carbocycles. The van der Waals surface area contributed by atoms with Gasteiger partial charge in [-0.15, -0.1) is 12.4 Å². The number of nitrogens with one attached hydrogen (secondary N) is 2. The second kappa shape index (κ2) is 7.59. The fraction of sp³-hybridized carbons (Fsp3) is 0.917. The standard InChI is InChI=1S/C12H23N3O3S.ClH/c1-19(17,18)15-8-5-10(6-9-15)14-12(16)11-4-2-3-7-13-11;/h10-11,13H,2-9H2,1H3,(H,14,16);1H. The van der Waals surface area contributed by atoms with Crippen molar-refractivity contribution >= 4 is 28.3 Å². The maximum Gasteiger partial charge on any atom is 0.237 e. The Labute approximate surface area is 127 Å². The molecular formula is C12H24ClN3O3S. The van der Waals surface area contributed by atoms with Gasteiger partial charge >= 0.3 is 0 Å². The van der Waals surface area contributed by atoms with E-state index in [0.717, 1.165) is 25.8 Å². The molecule has 8 heteroatoms. The minimum absolute atomic E-state index is 0. The summed E-state index contributed by atoms with van der Waals surface area (Å²) in [5.41, 5.74) is 0. The number of hydrogen-bond acceptors (Lipinski definition) is 4. The summed E-state index contributed by atoms with van der Waals surface area (Å²) in [6, 6.07) is 0.0379. The van der Waals surface area contributed by atoms with Gasteiger partial charge < -0.3 is 10.6 Å². The third kappa shape index (κ3) is 4.87. The molecule has 2 saturated heterocycles. The van der Waals surface area contributed by atoms with Gasteiger partial charge in [0.15, 0.2) is 0 Å². The number of halogens is 1. The van der Waals surface area contributed by atoms with E-state index in [0.29, 0.717) is 25.9 Å². The van der Waals surface area contributed by atoms with Crippen LogP contribution in [0.3, 0.4) is 0 Å². The SMILES string of the molecule is CS(=O)(=O)N1CCC(NC(=O)C2CCCCN2)CC1.Cl. The molecule has 0 radical (unpaired) electrons. The number of carbonyl (C=O) groups is 1. The Hall–Kier alpha value is -0.370. The molecule has 2 aliphatic rings. The lowest BCUT2D eigenvalue weighted by molar-refractivity contribution is -0.124. The Morgan fingerprint density at radius 1 is 1.20 bits per heavy atom. The molecule has 0 bridgehead atoms. The lowest BCUT2D eigenvalue weighted by atomic mass is 10.0. The molecule has 0 aliphatic carbocycles. The van der Waals surface area contributed by atoms with E-state index in [1.54, 1.807) is 0 Å². The van der Waals surface area contributed by atoms with Gasteiger partial charge in [0.1, 0.15) is 0 Å². The lowest BCUT2D eigenvalue weighted by Gasteiger charge is -2.32. The van der Waals surface area contributed by atoms with Gasteiger partial charge in [0.2, 0.25) is 15.9 Å². The van der Waals surface area contributed by atoms with E-state index in [1.807, 2.05) is 0 Å². The lowest BCUT2D eigenvalue weighted by Crippen LogP contribution is -2.52. The van der Waals surface area contributed by atoms with Crippen molar-refractivity contribution in [3.63, 3.8) is 0 Å². The zero-order valence-electron chi connectivity index (χ0n) is 11.8.